The summed E-state index contributed by atoms with van der Waals surface area (Å²) in [6.07, 6.45) is -0.155. The Morgan fingerprint density at radius 3 is 2.62 bits per heavy atom. The lowest BCUT2D eigenvalue weighted by molar-refractivity contribution is -0.132. The highest BCUT2D eigenvalue weighted by atomic mass is 32.2. The lowest BCUT2D eigenvalue weighted by Crippen LogP contribution is -2.33. The molecule has 16 heavy (non-hydrogen) atoms. The van der Waals surface area contributed by atoms with Crippen LogP contribution in [0.2, 0.25) is 0 Å². The normalized spacial score (nSPS) is 29.6. The van der Waals surface area contributed by atoms with Crippen LogP contribution in [0.25, 0.3) is 0 Å². The maximum absolute atomic E-state index is 11.4. The summed E-state index contributed by atoms with van der Waals surface area (Å²) in [5, 5.41) is 13.1. The molecule has 1 saturated heterocycles. The minimum Gasteiger partial charge on any atom is -0.390 e. The van der Waals surface area contributed by atoms with Crippen molar-refractivity contribution in [3.8, 4) is 0 Å². The summed E-state index contributed by atoms with van der Waals surface area (Å²) in [7, 11) is 0. The molecule has 0 radical (unpaired) electrons. The van der Waals surface area contributed by atoms with Crippen molar-refractivity contribution in [3.05, 3.63) is 0 Å². The van der Waals surface area contributed by atoms with Crippen molar-refractivity contribution in [3.63, 3.8) is 0 Å². The molecule has 0 bridgehead atoms. The molecule has 1 rings (SSSR count). The fourth-order valence-corrected chi connectivity index (χ4v) is 2.71. The van der Waals surface area contributed by atoms with Gasteiger partial charge in [0, 0.05) is 0 Å². The number of rotatable bonds is 5. The molecule has 0 saturated carbocycles. The summed E-state index contributed by atoms with van der Waals surface area (Å²) in [6, 6.07) is -0.271. The zero-order valence-electron chi connectivity index (χ0n) is 9.90. The topological polar surface area (TPSA) is 66.4 Å². The zero-order valence-corrected chi connectivity index (χ0v) is 10.7. The van der Waals surface area contributed by atoms with Gasteiger partial charge in [0.2, 0.25) is 5.91 Å². The minimum atomic E-state index is -0.867. The van der Waals surface area contributed by atoms with Crippen molar-refractivity contribution in [2.45, 2.75) is 44.6 Å². The first-order valence-corrected chi connectivity index (χ1v) is 6.59. The SMILES string of the molecule is CC(=O)C1C(=O)NC(CCSC(C)C)C1O. The van der Waals surface area contributed by atoms with Gasteiger partial charge in [-0.25, -0.2) is 0 Å². The van der Waals surface area contributed by atoms with E-state index >= 15 is 0 Å². The van der Waals surface area contributed by atoms with Crippen molar-refractivity contribution in [2.24, 2.45) is 5.92 Å². The Labute approximate surface area is 100 Å². The second-order valence-electron chi connectivity index (χ2n) is 4.40. The second-order valence-corrected chi connectivity index (χ2v) is 6.09. The number of carbonyl (C=O) groups excluding carboxylic acids is 2. The molecule has 1 fully saturated rings. The van der Waals surface area contributed by atoms with Crippen molar-refractivity contribution in [2.75, 3.05) is 5.75 Å². The monoisotopic (exact) mass is 245 g/mol. The molecular weight excluding hydrogens is 226 g/mol. The average Bonchev–Trinajstić information content (AvgIpc) is 2.41. The Kier molecular flexibility index (Phi) is 4.80. The summed E-state index contributed by atoms with van der Waals surface area (Å²) >= 11 is 1.78. The van der Waals surface area contributed by atoms with Crippen LogP contribution in [0.4, 0.5) is 0 Å². The molecular formula is C11H19NO3S. The van der Waals surface area contributed by atoms with Crippen LogP contribution >= 0.6 is 11.8 Å². The van der Waals surface area contributed by atoms with Crippen LogP contribution in [-0.4, -0.2) is 39.9 Å². The number of hydrogen-bond donors (Lipinski definition) is 2. The van der Waals surface area contributed by atoms with Crippen LogP contribution < -0.4 is 5.32 Å². The Hall–Kier alpha value is -0.550. The van der Waals surface area contributed by atoms with Gasteiger partial charge in [0.25, 0.3) is 0 Å². The Morgan fingerprint density at radius 2 is 2.19 bits per heavy atom. The lowest BCUT2D eigenvalue weighted by atomic mass is 9.96. The van der Waals surface area contributed by atoms with E-state index in [1.807, 2.05) is 0 Å². The first-order chi connectivity index (χ1) is 7.43. The van der Waals surface area contributed by atoms with Gasteiger partial charge >= 0.3 is 0 Å². The minimum absolute atomic E-state index is 0.260. The largest absolute Gasteiger partial charge is 0.390 e. The maximum atomic E-state index is 11.4. The molecule has 0 spiro atoms. The van der Waals surface area contributed by atoms with Gasteiger partial charge in [-0.2, -0.15) is 11.8 Å². The van der Waals surface area contributed by atoms with Crippen LogP contribution in [0.3, 0.4) is 0 Å². The number of aliphatic hydroxyl groups excluding tert-OH is 1. The van der Waals surface area contributed by atoms with Gasteiger partial charge in [-0.15, -0.1) is 0 Å². The molecule has 0 aliphatic carbocycles. The van der Waals surface area contributed by atoms with E-state index in [2.05, 4.69) is 19.2 Å². The highest BCUT2D eigenvalue weighted by Gasteiger charge is 2.43. The van der Waals surface area contributed by atoms with E-state index in [1.54, 1.807) is 11.8 Å². The number of hydrogen-bond acceptors (Lipinski definition) is 4. The molecule has 5 heteroatoms. The number of carbonyl (C=O) groups is 2. The van der Waals surface area contributed by atoms with Crippen LogP contribution in [0.15, 0.2) is 0 Å². The van der Waals surface area contributed by atoms with Gasteiger partial charge in [0.1, 0.15) is 11.7 Å². The number of ketones is 1. The molecule has 92 valence electrons. The van der Waals surface area contributed by atoms with Gasteiger partial charge in [-0.05, 0) is 24.3 Å². The molecule has 1 aliphatic heterocycles. The van der Waals surface area contributed by atoms with Crippen LogP contribution in [-0.2, 0) is 9.59 Å². The molecule has 1 aliphatic rings. The maximum Gasteiger partial charge on any atom is 0.233 e. The lowest BCUT2D eigenvalue weighted by Gasteiger charge is -2.16. The molecule has 4 nitrogen and oxygen atoms in total. The van der Waals surface area contributed by atoms with Gasteiger partial charge in [0.15, 0.2) is 0 Å². The highest BCUT2D eigenvalue weighted by Crippen LogP contribution is 2.22. The molecule has 1 amide bonds. The molecule has 3 atom stereocenters. The van der Waals surface area contributed by atoms with E-state index in [4.69, 9.17) is 0 Å². The number of nitrogens with one attached hydrogen (secondary N) is 1. The fraction of sp³-hybridized carbons (Fsp3) is 0.818. The number of thioether (sulfide) groups is 1. The summed E-state index contributed by atoms with van der Waals surface area (Å²) in [5.41, 5.74) is 0. The molecule has 0 aromatic rings. The Bertz CT molecular complexity index is 280. The second kappa shape index (κ2) is 5.68. The van der Waals surface area contributed by atoms with Crippen LogP contribution in [0.1, 0.15) is 27.2 Å². The third-order valence-electron chi connectivity index (χ3n) is 2.68. The Morgan fingerprint density at radius 1 is 1.56 bits per heavy atom. The molecule has 1 heterocycles. The standard InChI is InChI=1S/C11H19NO3S/c1-6(2)16-5-4-8-10(14)9(7(3)13)11(15)12-8/h6,8-10,14H,4-5H2,1-3H3,(H,12,15). The molecule has 3 unspecified atom stereocenters. The van der Waals surface area contributed by atoms with Gasteiger partial charge in [-0.3, -0.25) is 9.59 Å². The zero-order chi connectivity index (χ0) is 12.3. The van der Waals surface area contributed by atoms with E-state index in [0.29, 0.717) is 11.7 Å². The summed E-state index contributed by atoms with van der Waals surface area (Å²) in [4.78, 5) is 22.6. The van der Waals surface area contributed by atoms with E-state index in [1.165, 1.54) is 6.92 Å². The van der Waals surface area contributed by atoms with Crippen molar-refractivity contribution >= 4 is 23.5 Å². The van der Waals surface area contributed by atoms with Gasteiger partial charge in [-0.1, -0.05) is 13.8 Å². The van der Waals surface area contributed by atoms with Crippen molar-refractivity contribution in [1.29, 1.82) is 0 Å². The predicted molar refractivity (Wildman–Crippen MR) is 64.3 cm³/mol. The smallest absolute Gasteiger partial charge is 0.233 e. The first-order valence-electron chi connectivity index (χ1n) is 5.54. The number of amides is 1. The van der Waals surface area contributed by atoms with Crippen LogP contribution in [0.5, 0.6) is 0 Å². The third kappa shape index (κ3) is 3.22. The van der Waals surface area contributed by atoms with Crippen molar-refractivity contribution in [1.82, 2.24) is 5.32 Å². The highest BCUT2D eigenvalue weighted by molar-refractivity contribution is 7.99. The number of aliphatic hydroxyl groups is 1. The third-order valence-corrected chi connectivity index (χ3v) is 3.82. The van der Waals surface area contributed by atoms with Crippen molar-refractivity contribution < 1.29 is 14.7 Å². The van der Waals surface area contributed by atoms with E-state index < -0.39 is 12.0 Å². The van der Waals surface area contributed by atoms with E-state index in [0.717, 1.165) is 5.75 Å². The fourth-order valence-electron chi connectivity index (χ4n) is 1.84. The van der Waals surface area contributed by atoms with E-state index in [-0.39, 0.29) is 17.7 Å². The van der Waals surface area contributed by atoms with Gasteiger partial charge < -0.3 is 10.4 Å². The molecule has 0 aromatic heterocycles. The summed E-state index contributed by atoms with van der Waals surface area (Å²) in [6.45, 7) is 5.55. The predicted octanol–water partition coefficient (Wildman–Crippen LogP) is 0.583. The summed E-state index contributed by atoms with van der Waals surface area (Å²) in [5.74, 6) is -0.581. The first kappa shape index (κ1) is 13.5. The summed E-state index contributed by atoms with van der Waals surface area (Å²) < 4.78 is 0. The Balaban J connectivity index is 2.46. The molecule has 2 N–H and O–H groups in total. The van der Waals surface area contributed by atoms with Gasteiger partial charge in [0.05, 0.1) is 12.1 Å². The van der Waals surface area contributed by atoms with E-state index in [9.17, 15) is 14.7 Å². The number of Topliss-reactive ketones (excluding diaryl/α,β-unsaturated/α-hetero) is 1. The van der Waals surface area contributed by atoms with Crippen LogP contribution in [0, 0.1) is 5.92 Å². The molecule has 0 aromatic carbocycles. The quantitative estimate of drug-likeness (QED) is 0.695. The average molecular weight is 245 g/mol.